The van der Waals surface area contributed by atoms with Crippen LogP contribution in [0.3, 0.4) is 0 Å². The second-order valence-electron chi connectivity index (χ2n) is 6.81. The highest BCUT2D eigenvalue weighted by Crippen LogP contribution is 2.25. The van der Waals surface area contributed by atoms with Crippen LogP contribution in [-0.4, -0.2) is 27.2 Å². The summed E-state index contributed by atoms with van der Waals surface area (Å²) in [6.45, 7) is 4.65. The molecular formula is C20H23ClN4O2. The summed E-state index contributed by atoms with van der Waals surface area (Å²) >= 11 is 6.16. The number of amides is 1. The Balaban J connectivity index is 1.58. The Labute approximate surface area is 163 Å². The van der Waals surface area contributed by atoms with Crippen LogP contribution in [0.15, 0.2) is 53.3 Å². The van der Waals surface area contributed by atoms with Crippen LogP contribution >= 0.6 is 11.6 Å². The minimum atomic E-state index is -0.221. The van der Waals surface area contributed by atoms with E-state index in [2.05, 4.69) is 29.3 Å². The molecule has 1 unspecified atom stereocenters. The minimum absolute atomic E-state index is 0.00857. The molecule has 0 saturated heterocycles. The molecule has 0 spiro atoms. The third-order valence-corrected chi connectivity index (χ3v) is 4.54. The standard InChI is InChI=1S/C20H23ClN4O2/c1-14(2)13-17(25-11-5-6-12-25)20(26)22-10-9-18-23-19(24-27-18)15-7-3-4-8-16(15)21/h3-8,11-12,14,17H,9-10,13H2,1-2H3,(H,22,26). The predicted molar refractivity (Wildman–Crippen MR) is 104 cm³/mol. The molecule has 0 aliphatic rings. The van der Waals surface area contributed by atoms with Gasteiger partial charge in [0.1, 0.15) is 6.04 Å². The first-order chi connectivity index (χ1) is 13.0. The largest absolute Gasteiger partial charge is 0.354 e. The van der Waals surface area contributed by atoms with E-state index in [9.17, 15) is 4.79 Å². The molecule has 3 rings (SSSR count). The summed E-state index contributed by atoms with van der Waals surface area (Å²) in [4.78, 5) is 17.0. The number of hydrogen-bond acceptors (Lipinski definition) is 4. The molecule has 0 aliphatic carbocycles. The molecule has 6 nitrogen and oxygen atoms in total. The van der Waals surface area contributed by atoms with E-state index in [1.807, 2.05) is 47.3 Å². The smallest absolute Gasteiger partial charge is 0.243 e. The molecule has 0 saturated carbocycles. The summed E-state index contributed by atoms with van der Waals surface area (Å²) in [5.41, 5.74) is 0.725. The van der Waals surface area contributed by atoms with E-state index in [4.69, 9.17) is 16.1 Å². The Hall–Kier alpha value is -2.60. The van der Waals surface area contributed by atoms with Crippen molar-refractivity contribution >= 4 is 17.5 Å². The number of nitrogens with zero attached hydrogens (tertiary/aromatic N) is 3. The van der Waals surface area contributed by atoms with E-state index in [1.165, 1.54) is 0 Å². The molecule has 0 bridgehead atoms. The molecule has 1 aromatic carbocycles. The van der Waals surface area contributed by atoms with Crippen molar-refractivity contribution in [1.82, 2.24) is 20.0 Å². The normalized spacial score (nSPS) is 12.3. The third-order valence-electron chi connectivity index (χ3n) is 4.21. The van der Waals surface area contributed by atoms with Gasteiger partial charge >= 0.3 is 0 Å². The monoisotopic (exact) mass is 386 g/mol. The lowest BCUT2D eigenvalue weighted by Crippen LogP contribution is -2.34. The highest BCUT2D eigenvalue weighted by Gasteiger charge is 2.21. The lowest BCUT2D eigenvalue weighted by Gasteiger charge is -2.20. The number of halogens is 1. The van der Waals surface area contributed by atoms with Crippen LogP contribution in [-0.2, 0) is 11.2 Å². The summed E-state index contributed by atoms with van der Waals surface area (Å²) in [5, 5.41) is 7.52. The van der Waals surface area contributed by atoms with Gasteiger partial charge in [-0.15, -0.1) is 0 Å². The summed E-state index contributed by atoms with van der Waals surface area (Å²) < 4.78 is 7.22. The van der Waals surface area contributed by atoms with Crippen molar-refractivity contribution in [2.24, 2.45) is 5.92 Å². The number of nitrogens with one attached hydrogen (secondary N) is 1. The second kappa shape index (κ2) is 8.86. The molecule has 0 fully saturated rings. The summed E-state index contributed by atoms with van der Waals surface area (Å²) in [6.07, 6.45) is 5.07. The SMILES string of the molecule is CC(C)CC(C(=O)NCCc1nc(-c2ccccc2Cl)no1)n1cccc1. The maximum Gasteiger partial charge on any atom is 0.243 e. The van der Waals surface area contributed by atoms with E-state index >= 15 is 0 Å². The molecule has 0 radical (unpaired) electrons. The maximum absolute atomic E-state index is 12.6. The summed E-state index contributed by atoms with van der Waals surface area (Å²) in [7, 11) is 0. The van der Waals surface area contributed by atoms with Crippen LogP contribution < -0.4 is 5.32 Å². The first kappa shape index (κ1) is 19.2. The van der Waals surface area contributed by atoms with Crippen LogP contribution in [0.5, 0.6) is 0 Å². The van der Waals surface area contributed by atoms with E-state index in [1.54, 1.807) is 6.07 Å². The van der Waals surface area contributed by atoms with Crippen LogP contribution in [0.25, 0.3) is 11.4 Å². The molecule has 1 atom stereocenters. The van der Waals surface area contributed by atoms with Gasteiger partial charge in [0.25, 0.3) is 0 Å². The fraction of sp³-hybridized carbons (Fsp3) is 0.350. The predicted octanol–water partition coefficient (Wildman–Crippen LogP) is 4.14. The van der Waals surface area contributed by atoms with Crippen LogP contribution in [0, 0.1) is 5.92 Å². The van der Waals surface area contributed by atoms with E-state index in [0.29, 0.717) is 35.6 Å². The molecular weight excluding hydrogens is 364 g/mol. The van der Waals surface area contributed by atoms with Crippen molar-refractivity contribution in [3.63, 3.8) is 0 Å². The minimum Gasteiger partial charge on any atom is -0.354 e. The lowest BCUT2D eigenvalue weighted by atomic mass is 10.0. The van der Waals surface area contributed by atoms with Crippen molar-refractivity contribution < 1.29 is 9.32 Å². The quantitative estimate of drug-likeness (QED) is 0.631. The van der Waals surface area contributed by atoms with Crippen LogP contribution in [0.1, 0.15) is 32.2 Å². The van der Waals surface area contributed by atoms with Crippen molar-refractivity contribution in [1.29, 1.82) is 0 Å². The third kappa shape index (κ3) is 4.98. The fourth-order valence-corrected chi connectivity index (χ4v) is 3.11. The van der Waals surface area contributed by atoms with E-state index < -0.39 is 0 Å². The zero-order valence-corrected chi connectivity index (χ0v) is 16.2. The van der Waals surface area contributed by atoms with Gasteiger partial charge < -0.3 is 14.4 Å². The van der Waals surface area contributed by atoms with Gasteiger partial charge in [0.15, 0.2) is 0 Å². The highest BCUT2D eigenvalue weighted by molar-refractivity contribution is 6.33. The van der Waals surface area contributed by atoms with Gasteiger partial charge in [-0.1, -0.05) is 42.7 Å². The Morgan fingerprint density at radius 2 is 1.96 bits per heavy atom. The fourth-order valence-electron chi connectivity index (χ4n) is 2.89. The van der Waals surface area contributed by atoms with Gasteiger partial charge in [0, 0.05) is 30.9 Å². The summed E-state index contributed by atoms with van der Waals surface area (Å²) in [6, 6.07) is 11.0. The number of aromatic nitrogens is 3. The maximum atomic E-state index is 12.6. The molecule has 0 aliphatic heterocycles. The van der Waals surface area contributed by atoms with Gasteiger partial charge in [-0.2, -0.15) is 4.98 Å². The Kier molecular flexibility index (Phi) is 6.29. The number of carbonyl (C=O) groups is 1. The molecule has 2 aromatic heterocycles. The van der Waals surface area contributed by atoms with Crippen LogP contribution in [0.2, 0.25) is 5.02 Å². The van der Waals surface area contributed by atoms with Crippen molar-refractivity contribution in [3.05, 3.63) is 59.7 Å². The summed E-state index contributed by atoms with van der Waals surface area (Å²) in [5.74, 6) is 1.32. The number of rotatable bonds is 8. The molecule has 7 heteroatoms. The highest BCUT2D eigenvalue weighted by atomic mass is 35.5. The molecule has 1 amide bonds. The van der Waals surface area contributed by atoms with Gasteiger partial charge in [-0.3, -0.25) is 4.79 Å². The van der Waals surface area contributed by atoms with Gasteiger partial charge in [0.2, 0.25) is 17.6 Å². The first-order valence-electron chi connectivity index (χ1n) is 9.02. The second-order valence-corrected chi connectivity index (χ2v) is 7.22. The molecule has 1 N–H and O–H groups in total. The van der Waals surface area contributed by atoms with Gasteiger partial charge in [-0.05, 0) is 36.6 Å². The number of hydrogen-bond donors (Lipinski definition) is 1. The average molecular weight is 387 g/mol. The van der Waals surface area contributed by atoms with Gasteiger partial charge in [-0.25, -0.2) is 0 Å². The molecule has 27 heavy (non-hydrogen) atoms. The molecule has 2 heterocycles. The Morgan fingerprint density at radius 1 is 1.22 bits per heavy atom. The number of carbonyl (C=O) groups excluding carboxylic acids is 1. The zero-order chi connectivity index (χ0) is 19.2. The van der Waals surface area contributed by atoms with Crippen molar-refractivity contribution in [2.75, 3.05) is 6.54 Å². The molecule has 3 aromatic rings. The topological polar surface area (TPSA) is 73.0 Å². The van der Waals surface area contributed by atoms with Crippen molar-refractivity contribution in [2.45, 2.75) is 32.7 Å². The van der Waals surface area contributed by atoms with Crippen molar-refractivity contribution in [3.8, 4) is 11.4 Å². The zero-order valence-electron chi connectivity index (χ0n) is 15.4. The van der Waals surface area contributed by atoms with E-state index in [0.717, 1.165) is 12.0 Å². The van der Waals surface area contributed by atoms with E-state index in [-0.39, 0.29) is 11.9 Å². The average Bonchev–Trinajstić information content (AvgIpc) is 3.32. The number of benzene rings is 1. The lowest BCUT2D eigenvalue weighted by molar-refractivity contribution is -0.124. The Morgan fingerprint density at radius 3 is 2.67 bits per heavy atom. The van der Waals surface area contributed by atoms with Crippen LogP contribution in [0.4, 0.5) is 0 Å². The van der Waals surface area contributed by atoms with Gasteiger partial charge in [0.05, 0.1) is 5.02 Å². The Bertz CT molecular complexity index is 874. The molecule has 142 valence electrons. The first-order valence-corrected chi connectivity index (χ1v) is 9.40.